The highest BCUT2D eigenvalue weighted by Crippen LogP contribution is 2.55. The van der Waals surface area contributed by atoms with Crippen molar-refractivity contribution in [1.29, 1.82) is 0 Å². The zero-order valence-corrected chi connectivity index (χ0v) is 17.2. The molecule has 0 heterocycles. The van der Waals surface area contributed by atoms with Gasteiger partial charge in [-0.2, -0.15) is 0 Å². The number of hydrogen-bond acceptors (Lipinski definition) is 5. The van der Waals surface area contributed by atoms with Crippen LogP contribution in [0.4, 0.5) is 5.69 Å². The van der Waals surface area contributed by atoms with E-state index in [9.17, 15) is 19.2 Å². The number of esters is 1. The van der Waals surface area contributed by atoms with Crippen molar-refractivity contribution in [3.05, 3.63) is 65.2 Å². The van der Waals surface area contributed by atoms with Gasteiger partial charge < -0.3 is 15.4 Å². The van der Waals surface area contributed by atoms with Crippen LogP contribution < -0.4 is 10.6 Å². The number of carbonyl (C=O) groups excluding carboxylic acids is 4. The maximum absolute atomic E-state index is 12.6. The molecule has 0 saturated heterocycles. The van der Waals surface area contributed by atoms with Gasteiger partial charge in [-0.05, 0) is 37.0 Å². The molecule has 31 heavy (non-hydrogen) atoms. The van der Waals surface area contributed by atoms with E-state index >= 15 is 0 Å². The van der Waals surface area contributed by atoms with Crippen molar-refractivity contribution < 1.29 is 23.9 Å². The third-order valence-electron chi connectivity index (χ3n) is 5.90. The number of ketones is 1. The van der Waals surface area contributed by atoms with E-state index in [4.69, 9.17) is 4.74 Å². The number of fused-ring (bicyclic) bond motifs is 1. The molecule has 2 aromatic carbocycles. The van der Waals surface area contributed by atoms with Gasteiger partial charge in [0.15, 0.2) is 6.61 Å². The number of nitrogens with one attached hydrogen (secondary N) is 2. The Hall–Kier alpha value is -3.48. The van der Waals surface area contributed by atoms with Gasteiger partial charge >= 0.3 is 5.97 Å². The first-order valence-corrected chi connectivity index (χ1v) is 10.4. The zero-order valence-electron chi connectivity index (χ0n) is 17.2. The number of ether oxygens (including phenoxy) is 1. The van der Waals surface area contributed by atoms with Gasteiger partial charge in [0.1, 0.15) is 5.78 Å². The van der Waals surface area contributed by atoms with Crippen LogP contribution in [0.2, 0.25) is 0 Å². The minimum absolute atomic E-state index is 0.0843. The van der Waals surface area contributed by atoms with Gasteiger partial charge in [-0.15, -0.1) is 0 Å². The lowest BCUT2D eigenvalue weighted by Gasteiger charge is -2.12. The summed E-state index contributed by atoms with van der Waals surface area (Å²) < 4.78 is 5.10. The number of benzene rings is 2. The molecule has 2 N–H and O–H groups in total. The predicted octanol–water partition coefficient (Wildman–Crippen LogP) is 2.63. The van der Waals surface area contributed by atoms with Gasteiger partial charge in [-0.3, -0.25) is 19.2 Å². The zero-order chi connectivity index (χ0) is 22.0. The van der Waals surface area contributed by atoms with Crippen LogP contribution in [0.1, 0.15) is 34.3 Å². The standard InChI is InChI=1S/C24H24N2O5/c1-14-6-8-15(9-7-14)12-25-23(29)16-4-2-3-5-18(16)26-20(28)13-31-24(30)22-17-10-11-19(27)21(17)22/h2-9,17,21-22H,10-13H2,1H3,(H,25,29)(H,26,28). The Bertz CT molecular complexity index is 1030. The van der Waals surface area contributed by atoms with Crippen molar-refractivity contribution in [3.8, 4) is 0 Å². The number of amides is 2. The van der Waals surface area contributed by atoms with E-state index in [2.05, 4.69) is 10.6 Å². The topological polar surface area (TPSA) is 102 Å². The number of para-hydroxylation sites is 1. The highest BCUT2D eigenvalue weighted by atomic mass is 16.5. The normalized spacial score (nSPS) is 21.2. The van der Waals surface area contributed by atoms with E-state index in [-0.39, 0.29) is 23.5 Å². The molecular formula is C24H24N2O5. The van der Waals surface area contributed by atoms with Crippen LogP contribution in [0.3, 0.4) is 0 Å². The Morgan fingerprint density at radius 1 is 1.06 bits per heavy atom. The first-order chi connectivity index (χ1) is 14.9. The SMILES string of the molecule is Cc1ccc(CNC(=O)c2ccccc2NC(=O)COC(=O)C2C3CCC(=O)C32)cc1. The molecule has 7 heteroatoms. The third-order valence-corrected chi connectivity index (χ3v) is 5.90. The highest BCUT2D eigenvalue weighted by Gasteiger charge is 2.62. The van der Waals surface area contributed by atoms with Gasteiger partial charge in [-0.25, -0.2) is 0 Å². The Morgan fingerprint density at radius 2 is 1.81 bits per heavy atom. The molecule has 2 fully saturated rings. The van der Waals surface area contributed by atoms with E-state index in [1.54, 1.807) is 24.3 Å². The number of carbonyl (C=O) groups is 4. The molecule has 2 amide bonds. The Kier molecular flexibility index (Phi) is 5.84. The fourth-order valence-corrected chi connectivity index (χ4v) is 4.16. The second-order valence-corrected chi connectivity index (χ2v) is 8.09. The van der Waals surface area contributed by atoms with Crippen molar-refractivity contribution in [2.75, 3.05) is 11.9 Å². The molecule has 160 valence electrons. The number of aryl methyl sites for hydroxylation is 1. The van der Waals surface area contributed by atoms with E-state index in [0.29, 0.717) is 24.2 Å². The van der Waals surface area contributed by atoms with E-state index in [1.807, 2.05) is 31.2 Å². The monoisotopic (exact) mass is 420 g/mol. The Balaban J connectivity index is 1.30. The molecule has 0 bridgehead atoms. The third kappa shape index (κ3) is 4.66. The molecule has 0 aliphatic heterocycles. The molecule has 3 atom stereocenters. The average molecular weight is 420 g/mol. The maximum Gasteiger partial charge on any atom is 0.310 e. The molecule has 0 aromatic heterocycles. The lowest BCUT2D eigenvalue weighted by molar-refractivity contribution is -0.150. The van der Waals surface area contributed by atoms with Crippen molar-refractivity contribution in [2.24, 2.45) is 17.8 Å². The molecule has 2 saturated carbocycles. The summed E-state index contributed by atoms with van der Waals surface area (Å²) in [6, 6.07) is 14.5. The van der Waals surface area contributed by atoms with Gasteiger partial charge in [0, 0.05) is 18.9 Å². The summed E-state index contributed by atoms with van der Waals surface area (Å²) in [5.41, 5.74) is 2.76. The molecule has 2 aliphatic carbocycles. The lowest BCUT2D eigenvalue weighted by Crippen LogP contribution is -2.26. The van der Waals surface area contributed by atoms with Gasteiger partial charge in [0.2, 0.25) is 0 Å². The smallest absolute Gasteiger partial charge is 0.310 e. The molecule has 4 rings (SSSR count). The first kappa shape index (κ1) is 20.8. The van der Waals surface area contributed by atoms with Gasteiger partial charge in [0.25, 0.3) is 11.8 Å². The quantitative estimate of drug-likeness (QED) is 0.671. The highest BCUT2D eigenvalue weighted by molar-refractivity contribution is 6.04. The van der Waals surface area contributed by atoms with Crippen molar-refractivity contribution in [3.63, 3.8) is 0 Å². The summed E-state index contributed by atoms with van der Waals surface area (Å²) in [4.78, 5) is 48.6. The summed E-state index contributed by atoms with van der Waals surface area (Å²) in [6.07, 6.45) is 1.25. The van der Waals surface area contributed by atoms with Crippen LogP contribution in [-0.4, -0.2) is 30.2 Å². The number of rotatable bonds is 7. The largest absolute Gasteiger partial charge is 0.455 e. The van der Waals surface area contributed by atoms with E-state index in [0.717, 1.165) is 17.5 Å². The van der Waals surface area contributed by atoms with E-state index in [1.165, 1.54) is 0 Å². The van der Waals surface area contributed by atoms with Crippen molar-refractivity contribution in [2.45, 2.75) is 26.3 Å². The molecule has 7 nitrogen and oxygen atoms in total. The second-order valence-electron chi connectivity index (χ2n) is 8.09. The fourth-order valence-electron chi connectivity index (χ4n) is 4.16. The molecule has 3 unspecified atom stereocenters. The van der Waals surface area contributed by atoms with Gasteiger partial charge in [0.05, 0.1) is 17.2 Å². The Morgan fingerprint density at radius 3 is 2.52 bits per heavy atom. The summed E-state index contributed by atoms with van der Waals surface area (Å²) in [5.74, 6) is -1.77. The molecule has 2 aromatic rings. The maximum atomic E-state index is 12.6. The molecule has 0 spiro atoms. The molecule has 0 radical (unpaired) electrons. The summed E-state index contributed by atoms with van der Waals surface area (Å²) in [7, 11) is 0. The first-order valence-electron chi connectivity index (χ1n) is 10.4. The van der Waals surface area contributed by atoms with Crippen LogP contribution in [0.5, 0.6) is 0 Å². The second kappa shape index (κ2) is 8.71. The number of anilines is 1. The average Bonchev–Trinajstić information content (AvgIpc) is 3.39. The van der Waals surface area contributed by atoms with E-state index < -0.39 is 24.4 Å². The summed E-state index contributed by atoms with van der Waals surface area (Å²) >= 11 is 0. The Labute approximate surface area is 180 Å². The van der Waals surface area contributed by atoms with Crippen molar-refractivity contribution in [1.82, 2.24) is 5.32 Å². The van der Waals surface area contributed by atoms with Crippen LogP contribution in [0.25, 0.3) is 0 Å². The minimum Gasteiger partial charge on any atom is -0.455 e. The van der Waals surface area contributed by atoms with Crippen LogP contribution in [0, 0.1) is 24.7 Å². The summed E-state index contributed by atoms with van der Waals surface area (Å²) in [6.45, 7) is 1.90. The van der Waals surface area contributed by atoms with Crippen LogP contribution >= 0.6 is 0 Å². The van der Waals surface area contributed by atoms with Crippen molar-refractivity contribution >= 4 is 29.3 Å². The summed E-state index contributed by atoms with van der Waals surface area (Å²) in [5, 5.41) is 5.47. The van der Waals surface area contributed by atoms with Gasteiger partial charge in [-0.1, -0.05) is 42.0 Å². The fraction of sp³-hybridized carbons (Fsp3) is 0.333. The minimum atomic E-state index is -0.538. The molecule has 2 aliphatic rings. The number of hydrogen-bond donors (Lipinski definition) is 2. The lowest BCUT2D eigenvalue weighted by atomic mass is 10.1. The van der Waals surface area contributed by atoms with Crippen LogP contribution in [0.15, 0.2) is 48.5 Å². The van der Waals surface area contributed by atoms with Crippen LogP contribution in [-0.2, 0) is 25.7 Å². The predicted molar refractivity (Wildman–Crippen MR) is 113 cm³/mol. The molecular weight excluding hydrogens is 396 g/mol. The number of Topliss-reactive ketones (excluding diaryl/α,β-unsaturated/α-hetero) is 1.